The lowest BCUT2D eigenvalue weighted by Crippen LogP contribution is -2.27. The molecule has 8 heteroatoms. The Labute approximate surface area is 197 Å². The second-order valence-electron chi connectivity index (χ2n) is 8.68. The standard InChI is InChI=1S/C26H25N3O4S/c1-16(2)14-28-26(31)19-6-4-17(5-7-19)20-12-23-24(27-15-20)11-9-18-8-10-21(29-34(3,32)33)13-22(18)25(23)30/h4-13,15-16,29H,14H2,1-3H3,(H,28,31). The zero-order chi connectivity index (χ0) is 24.5. The van der Waals surface area contributed by atoms with E-state index in [1.54, 1.807) is 48.7 Å². The Kier molecular flexibility index (Phi) is 6.34. The van der Waals surface area contributed by atoms with E-state index < -0.39 is 10.0 Å². The number of hydrogen-bond acceptors (Lipinski definition) is 5. The highest BCUT2D eigenvalue weighted by atomic mass is 32.2. The number of anilines is 1. The van der Waals surface area contributed by atoms with Crippen molar-refractivity contribution in [2.24, 2.45) is 5.92 Å². The Morgan fingerprint density at radius 2 is 1.65 bits per heavy atom. The van der Waals surface area contributed by atoms with Crippen LogP contribution in [0.25, 0.3) is 32.8 Å². The fourth-order valence-corrected chi connectivity index (χ4v) is 4.21. The predicted octanol–water partition coefficient (Wildman–Crippen LogP) is 4.17. The summed E-state index contributed by atoms with van der Waals surface area (Å²) in [5.74, 6) is 0.236. The Morgan fingerprint density at radius 3 is 2.32 bits per heavy atom. The van der Waals surface area contributed by atoms with Crippen LogP contribution in [-0.4, -0.2) is 32.1 Å². The van der Waals surface area contributed by atoms with Gasteiger partial charge in [0.15, 0.2) is 5.43 Å². The van der Waals surface area contributed by atoms with E-state index in [0.717, 1.165) is 17.4 Å². The number of fused-ring (bicyclic) bond motifs is 2. The van der Waals surface area contributed by atoms with E-state index in [-0.39, 0.29) is 11.3 Å². The molecule has 0 spiro atoms. The van der Waals surface area contributed by atoms with Gasteiger partial charge in [0.2, 0.25) is 10.0 Å². The van der Waals surface area contributed by atoms with E-state index in [1.807, 2.05) is 26.0 Å². The van der Waals surface area contributed by atoms with Gasteiger partial charge in [-0.1, -0.05) is 38.1 Å². The number of nitrogens with zero attached hydrogens (tertiary/aromatic N) is 1. The molecule has 0 radical (unpaired) electrons. The van der Waals surface area contributed by atoms with Crippen LogP contribution >= 0.6 is 0 Å². The number of carbonyl (C=O) groups excluding carboxylic acids is 1. The van der Waals surface area contributed by atoms with Crippen molar-refractivity contribution in [3.05, 3.63) is 82.6 Å². The van der Waals surface area contributed by atoms with Crippen molar-refractivity contribution in [1.29, 1.82) is 0 Å². The molecule has 1 heterocycles. The molecule has 34 heavy (non-hydrogen) atoms. The lowest BCUT2D eigenvalue weighted by atomic mass is 10.0. The number of aromatic nitrogens is 1. The summed E-state index contributed by atoms with van der Waals surface area (Å²) in [6, 6.07) is 17.3. The summed E-state index contributed by atoms with van der Waals surface area (Å²) in [7, 11) is -3.47. The monoisotopic (exact) mass is 475 g/mol. The third kappa shape index (κ3) is 5.23. The van der Waals surface area contributed by atoms with Crippen LogP contribution in [0.3, 0.4) is 0 Å². The molecule has 0 saturated carbocycles. The topological polar surface area (TPSA) is 105 Å². The van der Waals surface area contributed by atoms with Crippen LogP contribution in [-0.2, 0) is 10.0 Å². The molecule has 3 aromatic carbocycles. The third-order valence-corrected chi connectivity index (χ3v) is 5.94. The van der Waals surface area contributed by atoms with Crippen molar-refractivity contribution in [2.75, 3.05) is 17.5 Å². The lowest BCUT2D eigenvalue weighted by Gasteiger charge is -2.08. The SMILES string of the molecule is CC(C)CNC(=O)c1ccc(-c2cnc3ccc4ccc(NS(C)(=O)=O)cc4c(=O)c3c2)cc1. The molecular formula is C26H25N3O4S. The predicted molar refractivity (Wildman–Crippen MR) is 137 cm³/mol. The Hall–Kier alpha value is -3.78. The molecular weight excluding hydrogens is 450 g/mol. The van der Waals surface area contributed by atoms with Gasteiger partial charge in [0, 0.05) is 40.3 Å². The number of rotatable bonds is 6. The van der Waals surface area contributed by atoms with Gasteiger partial charge >= 0.3 is 0 Å². The second-order valence-corrected chi connectivity index (χ2v) is 10.4. The highest BCUT2D eigenvalue weighted by Gasteiger charge is 2.10. The number of sulfonamides is 1. The van der Waals surface area contributed by atoms with Crippen LogP contribution in [0.5, 0.6) is 0 Å². The molecule has 0 saturated heterocycles. The number of benzene rings is 2. The normalized spacial score (nSPS) is 11.6. The van der Waals surface area contributed by atoms with Gasteiger partial charge in [0.1, 0.15) is 0 Å². The Morgan fingerprint density at radius 1 is 0.941 bits per heavy atom. The van der Waals surface area contributed by atoms with E-state index in [1.165, 1.54) is 6.07 Å². The highest BCUT2D eigenvalue weighted by Crippen LogP contribution is 2.24. The summed E-state index contributed by atoms with van der Waals surface area (Å²) in [5.41, 5.74) is 2.74. The van der Waals surface area contributed by atoms with Gasteiger partial charge in [-0.25, -0.2) is 8.42 Å². The van der Waals surface area contributed by atoms with Gasteiger partial charge in [-0.2, -0.15) is 0 Å². The first-order valence-corrected chi connectivity index (χ1v) is 12.7. The molecule has 0 fully saturated rings. The van der Waals surface area contributed by atoms with E-state index in [0.29, 0.717) is 45.4 Å². The molecule has 4 aromatic rings. The highest BCUT2D eigenvalue weighted by molar-refractivity contribution is 7.92. The largest absolute Gasteiger partial charge is 0.352 e. The van der Waals surface area contributed by atoms with Gasteiger partial charge < -0.3 is 5.32 Å². The van der Waals surface area contributed by atoms with E-state index in [9.17, 15) is 18.0 Å². The summed E-state index contributed by atoms with van der Waals surface area (Å²) in [6.07, 6.45) is 2.75. The number of pyridine rings is 1. The average molecular weight is 476 g/mol. The average Bonchev–Trinajstić information content (AvgIpc) is 2.93. The minimum absolute atomic E-state index is 0.129. The maximum atomic E-state index is 13.4. The van der Waals surface area contributed by atoms with Crippen LogP contribution < -0.4 is 15.5 Å². The van der Waals surface area contributed by atoms with Gasteiger partial charge in [-0.3, -0.25) is 19.3 Å². The molecule has 1 aromatic heterocycles. The van der Waals surface area contributed by atoms with Crippen molar-refractivity contribution >= 4 is 43.3 Å². The number of nitrogens with one attached hydrogen (secondary N) is 2. The molecule has 174 valence electrons. The molecule has 7 nitrogen and oxygen atoms in total. The quantitative estimate of drug-likeness (QED) is 0.435. The molecule has 2 N–H and O–H groups in total. The van der Waals surface area contributed by atoms with Crippen LogP contribution in [0.15, 0.2) is 71.7 Å². The van der Waals surface area contributed by atoms with Crippen LogP contribution in [0.1, 0.15) is 24.2 Å². The van der Waals surface area contributed by atoms with Crippen molar-refractivity contribution in [3.8, 4) is 11.1 Å². The van der Waals surface area contributed by atoms with Crippen LogP contribution in [0, 0.1) is 5.92 Å². The van der Waals surface area contributed by atoms with Crippen LogP contribution in [0.2, 0.25) is 0 Å². The molecule has 4 rings (SSSR count). The summed E-state index contributed by atoms with van der Waals surface area (Å²) < 4.78 is 25.6. The van der Waals surface area contributed by atoms with Gasteiger partial charge in [-0.05, 0) is 53.3 Å². The first-order chi connectivity index (χ1) is 16.1. The van der Waals surface area contributed by atoms with Gasteiger partial charge in [-0.15, -0.1) is 0 Å². The molecule has 0 aliphatic carbocycles. The minimum Gasteiger partial charge on any atom is -0.352 e. The fraction of sp³-hybridized carbons (Fsp3) is 0.192. The molecule has 0 atom stereocenters. The smallest absolute Gasteiger partial charge is 0.251 e. The first-order valence-electron chi connectivity index (χ1n) is 10.8. The van der Waals surface area contributed by atoms with E-state index in [4.69, 9.17) is 0 Å². The molecule has 0 aliphatic rings. The van der Waals surface area contributed by atoms with Crippen molar-refractivity contribution in [3.63, 3.8) is 0 Å². The fourth-order valence-electron chi connectivity index (χ4n) is 3.65. The number of amides is 1. The van der Waals surface area contributed by atoms with E-state index >= 15 is 0 Å². The van der Waals surface area contributed by atoms with Gasteiger partial charge in [0.25, 0.3) is 5.91 Å². The van der Waals surface area contributed by atoms with Crippen molar-refractivity contribution < 1.29 is 13.2 Å². The Bertz CT molecular complexity index is 1560. The summed E-state index contributed by atoms with van der Waals surface area (Å²) in [4.78, 5) is 30.2. The summed E-state index contributed by atoms with van der Waals surface area (Å²) in [5, 5.41) is 4.38. The maximum absolute atomic E-state index is 13.4. The third-order valence-electron chi connectivity index (χ3n) is 5.34. The summed E-state index contributed by atoms with van der Waals surface area (Å²) in [6.45, 7) is 4.67. The zero-order valence-corrected chi connectivity index (χ0v) is 19.9. The second kappa shape index (κ2) is 9.23. The molecule has 1 amide bonds. The first kappa shape index (κ1) is 23.4. The number of hydrogen-bond donors (Lipinski definition) is 2. The Balaban J connectivity index is 1.75. The maximum Gasteiger partial charge on any atom is 0.251 e. The summed E-state index contributed by atoms with van der Waals surface area (Å²) >= 11 is 0. The molecule has 0 unspecified atom stereocenters. The van der Waals surface area contributed by atoms with Gasteiger partial charge in [0.05, 0.1) is 11.8 Å². The van der Waals surface area contributed by atoms with Crippen molar-refractivity contribution in [1.82, 2.24) is 10.3 Å². The van der Waals surface area contributed by atoms with E-state index in [2.05, 4.69) is 15.0 Å². The minimum atomic E-state index is -3.47. The van der Waals surface area contributed by atoms with Crippen molar-refractivity contribution in [2.45, 2.75) is 13.8 Å². The van der Waals surface area contributed by atoms with Crippen LogP contribution in [0.4, 0.5) is 5.69 Å². The lowest BCUT2D eigenvalue weighted by molar-refractivity contribution is 0.0949. The zero-order valence-electron chi connectivity index (χ0n) is 19.1. The number of carbonyl (C=O) groups is 1. The molecule has 0 aliphatic heterocycles. The molecule has 0 bridgehead atoms.